The van der Waals surface area contributed by atoms with E-state index in [9.17, 15) is 23.8 Å². The Morgan fingerprint density at radius 2 is 1.11 bits per heavy atom. The zero-order valence-electron chi connectivity index (χ0n) is 34.1. The molecule has 0 radical (unpaired) electrons. The molecule has 4 unspecified atom stereocenters. The number of aliphatic hydroxyl groups is 2. The number of hydrogen-bond donors (Lipinski definition) is 6. The molecule has 55 heavy (non-hydrogen) atoms. The summed E-state index contributed by atoms with van der Waals surface area (Å²) in [6.07, 6.45) is 0.374. The van der Waals surface area contributed by atoms with Crippen molar-refractivity contribution in [1.29, 1.82) is 0 Å². The quantitative estimate of drug-likeness (QED) is 0.0630. The summed E-state index contributed by atoms with van der Waals surface area (Å²) in [4.78, 5) is 29.8. The van der Waals surface area contributed by atoms with Crippen LogP contribution in [0.4, 0.5) is 8.78 Å². The Labute approximate surface area is 324 Å². The van der Waals surface area contributed by atoms with Gasteiger partial charge in [-0.1, -0.05) is 106 Å². The number of H-pyrrole nitrogens is 2. The highest BCUT2D eigenvalue weighted by Crippen LogP contribution is 2.36. The largest absolute Gasteiger partial charge is 0.386 e. The zero-order valence-corrected chi connectivity index (χ0v) is 34.1. The maximum atomic E-state index is 14.0. The first kappa shape index (κ1) is 42.0. The number of hydrogen-bond acceptors (Lipinski definition) is 6. The summed E-state index contributed by atoms with van der Waals surface area (Å²) in [6.45, 7) is 17.9. The van der Waals surface area contributed by atoms with Crippen molar-refractivity contribution >= 4 is 28.0 Å². The molecule has 0 saturated heterocycles. The molecule has 11 heteroatoms. The van der Waals surface area contributed by atoms with Crippen molar-refractivity contribution < 1.29 is 23.8 Å². The third kappa shape index (κ3) is 9.80. The van der Waals surface area contributed by atoms with Gasteiger partial charge in [-0.25, -0.2) is 18.7 Å². The van der Waals surface area contributed by atoms with Gasteiger partial charge in [0, 0.05) is 6.54 Å². The summed E-state index contributed by atoms with van der Waals surface area (Å²) >= 11 is 0. The monoisotopic (exact) mass is 758 g/mol. The van der Waals surface area contributed by atoms with Crippen molar-refractivity contribution in [2.45, 2.75) is 105 Å². The Morgan fingerprint density at radius 3 is 1.51 bits per heavy atom. The lowest BCUT2D eigenvalue weighted by atomic mass is 9.85. The van der Waals surface area contributed by atoms with Gasteiger partial charge < -0.3 is 30.8 Å². The van der Waals surface area contributed by atoms with Gasteiger partial charge in [0.15, 0.2) is 5.60 Å². The van der Waals surface area contributed by atoms with Gasteiger partial charge in [0.2, 0.25) is 0 Å². The van der Waals surface area contributed by atoms with Crippen LogP contribution >= 0.6 is 0 Å². The van der Waals surface area contributed by atoms with Crippen LogP contribution in [-0.2, 0) is 4.79 Å². The molecule has 9 nitrogen and oxygen atoms in total. The van der Waals surface area contributed by atoms with Gasteiger partial charge in [0.25, 0.3) is 5.91 Å². The lowest BCUT2D eigenvalue weighted by molar-refractivity contribution is -0.145. The van der Waals surface area contributed by atoms with Crippen LogP contribution in [0.1, 0.15) is 106 Å². The lowest BCUT2D eigenvalue weighted by Crippen LogP contribution is -2.52. The lowest BCUT2D eigenvalue weighted by Gasteiger charge is -2.34. The minimum absolute atomic E-state index is 0.0114. The van der Waals surface area contributed by atoms with Crippen molar-refractivity contribution in [3.05, 3.63) is 72.3 Å². The number of aromatic nitrogens is 4. The topological polar surface area (TPSA) is 139 Å². The first-order valence-corrected chi connectivity index (χ1v) is 19.4. The second-order valence-corrected chi connectivity index (χ2v) is 18.5. The van der Waals surface area contributed by atoms with Gasteiger partial charge in [0.1, 0.15) is 30.6 Å². The highest BCUT2D eigenvalue weighted by Gasteiger charge is 2.41. The fraction of sp³-hybridized carbons (Fsp3) is 0.523. The fourth-order valence-corrected chi connectivity index (χ4v) is 7.42. The molecule has 4 atom stereocenters. The highest BCUT2D eigenvalue weighted by atomic mass is 19.1. The van der Waals surface area contributed by atoms with Crippen molar-refractivity contribution in [2.75, 3.05) is 19.9 Å². The molecule has 2 aromatic heterocycles. The molecule has 0 fully saturated rings. The Hall–Kier alpha value is -4.19. The molecule has 0 spiro atoms. The number of benzene rings is 3. The minimum Gasteiger partial charge on any atom is -0.386 e. The summed E-state index contributed by atoms with van der Waals surface area (Å²) in [5.74, 6) is 0.611. The van der Waals surface area contributed by atoms with Crippen LogP contribution in [0.15, 0.2) is 60.7 Å². The molecular formula is C44H60F2N6O3. The smallest absolute Gasteiger partial charge is 0.255 e. The number of carbonyl (C=O) groups is 1. The Bertz CT molecular complexity index is 2080. The minimum atomic E-state index is -2.11. The number of nitrogens with zero attached hydrogens (tertiary/aromatic N) is 2. The van der Waals surface area contributed by atoms with Crippen LogP contribution in [0.3, 0.4) is 0 Å². The SMILES string of the molecule is CC(C)CC(O)(CF)CNC(c1nc2cc(-c3ccc(-c4ccc5[nH]c(C(NC(=O)C(O)(CF)CC(C)C)C(C)(C)C)nc5c4)cc3)ccc2[nH]1)C(C)(C)C. The molecular weight excluding hydrogens is 699 g/mol. The first-order valence-electron chi connectivity index (χ1n) is 19.4. The molecule has 3 aromatic carbocycles. The second-order valence-electron chi connectivity index (χ2n) is 18.5. The third-order valence-corrected chi connectivity index (χ3v) is 10.2. The molecule has 0 saturated carbocycles. The average Bonchev–Trinajstić information content (AvgIpc) is 3.72. The van der Waals surface area contributed by atoms with Gasteiger partial charge >= 0.3 is 0 Å². The van der Waals surface area contributed by atoms with E-state index in [1.165, 1.54) is 0 Å². The molecule has 2 heterocycles. The van der Waals surface area contributed by atoms with Crippen molar-refractivity contribution in [3.63, 3.8) is 0 Å². The number of imidazole rings is 2. The number of rotatable bonds is 15. The molecule has 1 amide bonds. The number of alkyl halides is 2. The molecule has 0 aliphatic heterocycles. The molecule has 5 aromatic rings. The van der Waals surface area contributed by atoms with Crippen LogP contribution in [0.5, 0.6) is 0 Å². The van der Waals surface area contributed by atoms with Crippen LogP contribution in [0.25, 0.3) is 44.3 Å². The maximum Gasteiger partial charge on any atom is 0.255 e. The molecule has 298 valence electrons. The fourth-order valence-electron chi connectivity index (χ4n) is 7.42. The van der Waals surface area contributed by atoms with Gasteiger partial charge in [-0.15, -0.1) is 0 Å². The second kappa shape index (κ2) is 16.1. The third-order valence-electron chi connectivity index (χ3n) is 10.2. The number of aromatic amines is 2. The molecule has 6 N–H and O–H groups in total. The van der Waals surface area contributed by atoms with Crippen molar-refractivity contribution in [1.82, 2.24) is 30.6 Å². The summed E-state index contributed by atoms with van der Waals surface area (Å²) in [5.41, 5.74) is 2.94. The summed E-state index contributed by atoms with van der Waals surface area (Å²) in [5, 5.41) is 28.1. The van der Waals surface area contributed by atoms with Crippen LogP contribution in [0.2, 0.25) is 0 Å². The van der Waals surface area contributed by atoms with Gasteiger partial charge in [-0.05, 0) is 82.0 Å². The summed E-state index contributed by atoms with van der Waals surface area (Å²) in [7, 11) is 0. The normalized spacial score (nSPS) is 16.1. The number of nitrogens with one attached hydrogen (secondary N) is 4. The number of halogens is 2. The zero-order chi connectivity index (χ0) is 40.5. The first-order chi connectivity index (χ1) is 25.6. The number of amides is 1. The van der Waals surface area contributed by atoms with E-state index in [-0.39, 0.29) is 36.3 Å². The van der Waals surface area contributed by atoms with E-state index in [4.69, 9.17) is 9.97 Å². The van der Waals surface area contributed by atoms with E-state index in [2.05, 4.69) is 77.8 Å². The van der Waals surface area contributed by atoms with Crippen molar-refractivity contribution in [2.24, 2.45) is 22.7 Å². The number of carbonyl (C=O) groups excluding carboxylic acids is 1. The predicted octanol–water partition coefficient (Wildman–Crippen LogP) is 9.15. The van der Waals surface area contributed by atoms with E-state index < -0.39 is 41.9 Å². The van der Waals surface area contributed by atoms with Crippen LogP contribution < -0.4 is 10.6 Å². The van der Waals surface area contributed by atoms with Crippen LogP contribution in [0, 0.1) is 22.7 Å². The van der Waals surface area contributed by atoms with Crippen molar-refractivity contribution in [3.8, 4) is 22.3 Å². The molecule has 0 aliphatic rings. The van der Waals surface area contributed by atoms with E-state index in [1.807, 2.05) is 72.7 Å². The van der Waals surface area contributed by atoms with E-state index >= 15 is 0 Å². The van der Waals surface area contributed by atoms with Gasteiger partial charge in [-0.3, -0.25) is 4.79 Å². The molecule has 5 rings (SSSR count). The average molecular weight is 759 g/mol. The highest BCUT2D eigenvalue weighted by molar-refractivity contribution is 5.86. The summed E-state index contributed by atoms with van der Waals surface area (Å²) < 4.78 is 27.9. The molecule has 0 aliphatic carbocycles. The Morgan fingerprint density at radius 1 is 0.673 bits per heavy atom. The molecule has 0 bridgehead atoms. The van der Waals surface area contributed by atoms with Gasteiger partial charge in [-0.2, -0.15) is 0 Å². The number of fused-ring (bicyclic) bond motifs is 2. The standard InChI is InChI=1S/C44H60F2N6O3/c1-26(2)21-43(54,23-45)25-47-36(41(5,6)7)38-48-32-17-15-30(19-34(32)50-38)28-11-13-29(14-12-28)31-16-18-33-35(20-31)51-39(49-33)37(42(8,9)10)52-40(53)44(55,24-46)22-27(3)4/h11-20,26-27,36-37,47,54-55H,21-25H2,1-10H3,(H,48,50)(H,49,51)(H,52,53). The maximum absolute atomic E-state index is 14.0. The predicted molar refractivity (Wildman–Crippen MR) is 218 cm³/mol. The van der Waals surface area contributed by atoms with Crippen LogP contribution in [-0.4, -0.2) is 67.2 Å². The Kier molecular flexibility index (Phi) is 12.3. The van der Waals surface area contributed by atoms with E-state index in [0.717, 1.165) is 50.1 Å². The Balaban J connectivity index is 1.36. The summed E-state index contributed by atoms with van der Waals surface area (Å²) in [6, 6.07) is 19.5. The van der Waals surface area contributed by atoms with E-state index in [1.54, 1.807) is 0 Å². The van der Waals surface area contributed by atoms with E-state index in [0.29, 0.717) is 12.2 Å². The van der Waals surface area contributed by atoms with Gasteiger partial charge in [0.05, 0.1) is 34.2 Å².